The molecule has 0 radical (unpaired) electrons. The first-order chi connectivity index (χ1) is 8.36. The molecule has 0 N–H and O–H groups in total. The summed E-state index contributed by atoms with van der Waals surface area (Å²) in [5.41, 5.74) is -1.85. The van der Waals surface area contributed by atoms with E-state index in [1.165, 1.54) is 0 Å². The maximum Gasteiger partial charge on any atom is 0.160 e. The second kappa shape index (κ2) is 3.82. The second-order valence-corrected chi connectivity index (χ2v) is 6.80. The topological polar surface area (TPSA) is 64.7 Å². The lowest BCUT2D eigenvalue weighted by molar-refractivity contribution is -0.128. The molecule has 0 aromatic rings. The monoisotopic (exact) mass is 244 g/mol. The van der Waals surface area contributed by atoms with Crippen LogP contribution in [0.2, 0.25) is 0 Å². The smallest absolute Gasteiger partial charge is 0.160 e. The molecule has 0 aliphatic heterocycles. The summed E-state index contributed by atoms with van der Waals surface area (Å²) in [6.07, 6.45) is 4.96. The van der Waals surface area contributed by atoms with E-state index in [2.05, 4.69) is 12.1 Å². The zero-order valence-electron chi connectivity index (χ0n) is 11.4. The number of hydrogen-bond acceptors (Lipinski definition) is 3. The van der Waals surface area contributed by atoms with Gasteiger partial charge in [-0.05, 0) is 12.8 Å². The minimum atomic E-state index is -1.04. The van der Waals surface area contributed by atoms with E-state index in [4.69, 9.17) is 0 Å². The highest BCUT2D eigenvalue weighted by molar-refractivity contribution is 5.92. The van der Waals surface area contributed by atoms with Crippen molar-refractivity contribution < 1.29 is 4.79 Å². The maximum atomic E-state index is 12.5. The lowest BCUT2D eigenvalue weighted by Gasteiger charge is -2.24. The van der Waals surface area contributed by atoms with Crippen LogP contribution in [0.3, 0.4) is 0 Å². The minimum absolute atomic E-state index is 0.0903. The van der Waals surface area contributed by atoms with Crippen LogP contribution in [0.15, 0.2) is 0 Å². The van der Waals surface area contributed by atoms with Gasteiger partial charge in [0.05, 0.1) is 18.1 Å². The number of carbonyl (C=O) groups excluding carboxylic acids is 1. The van der Waals surface area contributed by atoms with E-state index in [-0.39, 0.29) is 17.1 Å². The predicted octanol–water partition coefficient (Wildman–Crippen LogP) is 3.22. The van der Waals surface area contributed by atoms with E-state index in [0.29, 0.717) is 0 Å². The first kappa shape index (κ1) is 13.1. The highest BCUT2D eigenvalue weighted by Crippen LogP contribution is 2.75. The van der Waals surface area contributed by atoms with E-state index >= 15 is 0 Å². The van der Waals surface area contributed by atoms with Crippen LogP contribution in [0, 0.1) is 44.8 Å². The Morgan fingerprint density at radius 3 is 2.00 bits per heavy atom. The van der Waals surface area contributed by atoms with Crippen molar-refractivity contribution in [2.24, 2.45) is 22.2 Å². The standard InChI is InChI=1S/C15H20N2O/c1-13(2,3)12(18)11-14(7-5-4-6-8-14)15(11,9-16)10-17/h11H,4-8H2,1-3H3. The van der Waals surface area contributed by atoms with Crippen molar-refractivity contribution in [3.63, 3.8) is 0 Å². The van der Waals surface area contributed by atoms with E-state index in [1.54, 1.807) is 0 Å². The van der Waals surface area contributed by atoms with E-state index in [1.807, 2.05) is 20.8 Å². The molecule has 96 valence electrons. The number of Topliss-reactive ketones (excluding diaryl/α,β-unsaturated/α-hetero) is 1. The van der Waals surface area contributed by atoms with Gasteiger partial charge in [0, 0.05) is 10.8 Å². The quantitative estimate of drug-likeness (QED) is 0.711. The zero-order valence-corrected chi connectivity index (χ0v) is 11.4. The second-order valence-electron chi connectivity index (χ2n) is 6.80. The molecule has 1 unspecified atom stereocenters. The Morgan fingerprint density at radius 2 is 1.61 bits per heavy atom. The average molecular weight is 244 g/mol. The van der Waals surface area contributed by atoms with Crippen LogP contribution in [0.25, 0.3) is 0 Å². The molecule has 0 aromatic heterocycles. The SMILES string of the molecule is CC(C)(C)C(=O)C1C(C#N)(C#N)C12CCCCC2. The number of ketones is 1. The highest BCUT2D eigenvalue weighted by Gasteiger charge is 2.80. The summed E-state index contributed by atoms with van der Waals surface area (Å²) in [4.78, 5) is 12.5. The van der Waals surface area contributed by atoms with E-state index in [9.17, 15) is 15.3 Å². The van der Waals surface area contributed by atoms with Crippen LogP contribution in [0.5, 0.6) is 0 Å². The first-order valence-electron chi connectivity index (χ1n) is 6.72. The molecule has 1 atom stereocenters. The number of rotatable bonds is 1. The molecule has 2 aliphatic rings. The molecular weight excluding hydrogens is 224 g/mol. The summed E-state index contributed by atoms with van der Waals surface area (Å²) < 4.78 is 0. The maximum absolute atomic E-state index is 12.5. The van der Waals surface area contributed by atoms with Gasteiger partial charge in [0.2, 0.25) is 0 Å². The van der Waals surface area contributed by atoms with Gasteiger partial charge < -0.3 is 0 Å². The van der Waals surface area contributed by atoms with Crippen molar-refractivity contribution in [1.82, 2.24) is 0 Å². The molecule has 3 nitrogen and oxygen atoms in total. The first-order valence-corrected chi connectivity index (χ1v) is 6.72. The fourth-order valence-electron chi connectivity index (χ4n) is 3.72. The van der Waals surface area contributed by atoms with Crippen molar-refractivity contribution in [3.8, 4) is 12.1 Å². The van der Waals surface area contributed by atoms with Crippen LogP contribution in [0.1, 0.15) is 52.9 Å². The van der Waals surface area contributed by atoms with Gasteiger partial charge in [-0.15, -0.1) is 0 Å². The Bertz CT molecular complexity index is 438. The van der Waals surface area contributed by atoms with Crippen LogP contribution >= 0.6 is 0 Å². The van der Waals surface area contributed by atoms with Gasteiger partial charge in [0.25, 0.3) is 0 Å². The largest absolute Gasteiger partial charge is 0.299 e. The van der Waals surface area contributed by atoms with Crippen molar-refractivity contribution >= 4 is 5.78 Å². The highest BCUT2D eigenvalue weighted by atomic mass is 16.1. The molecule has 1 spiro atoms. The summed E-state index contributed by atoms with van der Waals surface area (Å²) in [6.45, 7) is 5.64. The van der Waals surface area contributed by atoms with Crippen LogP contribution in [0.4, 0.5) is 0 Å². The van der Waals surface area contributed by atoms with E-state index < -0.39 is 10.8 Å². The van der Waals surface area contributed by atoms with E-state index in [0.717, 1.165) is 32.1 Å². The van der Waals surface area contributed by atoms with Crippen molar-refractivity contribution in [3.05, 3.63) is 0 Å². The lowest BCUT2D eigenvalue weighted by Crippen LogP contribution is -2.26. The molecule has 3 heteroatoms. The van der Waals surface area contributed by atoms with Gasteiger partial charge in [-0.25, -0.2) is 0 Å². The van der Waals surface area contributed by atoms with Gasteiger partial charge in [-0.3, -0.25) is 4.79 Å². The summed E-state index contributed by atoms with van der Waals surface area (Å²) in [6, 6.07) is 4.37. The summed E-state index contributed by atoms with van der Waals surface area (Å²) in [5.74, 6) is -0.271. The Morgan fingerprint density at radius 1 is 1.11 bits per heavy atom. The molecule has 0 bridgehead atoms. The Hall–Kier alpha value is -1.35. The Labute approximate surface area is 109 Å². The third kappa shape index (κ3) is 1.43. The summed E-state index contributed by atoms with van der Waals surface area (Å²) in [5, 5.41) is 18.9. The molecule has 0 aromatic carbocycles. The molecule has 0 heterocycles. The van der Waals surface area contributed by atoms with Crippen molar-refractivity contribution in [1.29, 1.82) is 10.5 Å². The van der Waals surface area contributed by atoms with Crippen LogP contribution in [-0.4, -0.2) is 5.78 Å². The molecule has 2 saturated carbocycles. The number of nitriles is 2. The fraction of sp³-hybridized carbons (Fsp3) is 0.800. The van der Waals surface area contributed by atoms with Crippen LogP contribution in [-0.2, 0) is 4.79 Å². The van der Waals surface area contributed by atoms with Gasteiger partial charge in [0.15, 0.2) is 5.41 Å². The Kier molecular flexibility index (Phi) is 2.78. The summed E-state index contributed by atoms with van der Waals surface area (Å²) >= 11 is 0. The molecule has 0 saturated heterocycles. The molecule has 2 fully saturated rings. The molecule has 2 rings (SSSR count). The lowest BCUT2D eigenvalue weighted by atomic mass is 9.78. The number of hydrogen-bond donors (Lipinski definition) is 0. The van der Waals surface area contributed by atoms with Gasteiger partial charge >= 0.3 is 0 Å². The minimum Gasteiger partial charge on any atom is -0.299 e. The normalized spacial score (nSPS) is 28.2. The molecular formula is C15H20N2O. The molecule has 18 heavy (non-hydrogen) atoms. The summed E-state index contributed by atoms with van der Waals surface area (Å²) in [7, 11) is 0. The zero-order chi connectivity index (χ0) is 13.6. The van der Waals surface area contributed by atoms with Crippen molar-refractivity contribution in [2.75, 3.05) is 0 Å². The molecule has 0 amide bonds. The fourth-order valence-corrected chi connectivity index (χ4v) is 3.72. The van der Waals surface area contributed by atoms with Crippen molar-refractivity contribution in [2.45, 2.75) is 52.9 Å². The number of nitrogens with zero attached hydrogens (tertiary/aromatic N) is 2. The molecule has 2 aliphatic carbocycles. The Balaban J connectivity index is 2.39. The van der Waals surface area contributed by atoms with Gasteiger partial charge in [-0.1, -0.05) is 40.0 Å². The third-order valence-corrected chi connectivity index (χ3v) is 4.79. The van der Waals surface area contributed by atoms with Gasteiger partial charge in [0.1, 0.15) is 5.78 Å². The third-order valence-electron chi connectivity index (χ3n) is 4.79. The predicted molar refractivity (Wildman–Crippen MR) is 67.1 cm³/mol. The number of carbonyl (C=O) groups is 1. The van der Waals surface area contributed by atoms with Crippen LogP contribution < -0.4 is 0 Å². The van der Waals surface area contributed by atoms with Gasteiger partial charge in [-0.2, -0.15) is 10.5 Å². The average Bonchev–Trinajstić information content (AvgIpc) is 2.89.